The first kappa shape index (κ1) is 37.3. The highest BCUT2D eigenvalue weighted by molar-refractivity contribution is 6.10. The molecule has 0 radical (unpaired) electrons. The lowest BCUT2D eigenvalue weighted by atomic mass is 9.92. The molecule has 0 saturated carbocycles. The molecule has 1 aromatic heterocycles. The number of fused-ring (bicyclic) bond motifs is 5. The standard InChI is InChI=1S/C62H42N2/c1-2-18-47(19-3-1)62-55(27-15-31-61(62)64-59-29-12-9-24-56(59)57-25-10-13-30-60(57)64)46-36-40-51(41-37-46)63(50-38-34-45(35-39-50)53-26-14-21-44-17-6-7-22-52(44)53)58-28-11-8-23-54(58)49-33-32-43-16-4-5-20-48(43)42-49/h1-42H. The van der Waals surface area contributed by atoms with Gasteiger partial charge in [0.15, 0.2) is 0 Å². The van der Waals surface area contributed by atoms with Crippen LogP contribution in [0.4, 0.5) is 17.1 Å². The van der Waals surface area contributed by atoms with Crippen molar-refractivity contribution in [3.8, 4) is 50.2 Å². The van der Waals surface area contributed by atoms with Gasteiger partial charge in [0.05, 0.1) is 22.4 Å². The van der Waals surface area contributed by atoms with Crippen LogP contribution in [0.25, 0.3) is 93.5 Å². The minimum Gasteiger partial charge on any atom is -0.310 e. The van der Waals surface area contributed by atoms with E-state index < -0.39 is 0 Å². The summed E-state index contributed by atoms with van der Waals surface area (Å²) >= 11 is 0. The highest BCUT2D eigenvalue weighted by atomic mass is 15.1. The Bertz CT molecular complexity index is 3600. The highest BCUT2D eigenvalue weighted by Crippen LogP contribution is 2.45. The molecule has 1 heterocycles. The van der Waals surface area contributed by atoms with Gasteiger partial charge in [0, 0.05) is 33.3 Å². The van der Waals surface area contributed by atoms with E-state index in [0.29, 0.717) is 0 Å². The van der Waals surface area contributed by atoms with Gasteiger partial charge >= 0.3 is 0 Å². The third-order valence-corrected chi connectivity index (χ3v) is 12.8. The highest BCUT2D eigenvalue weighted by Gasteiger charge is 2.21. The molecule has 0 amide bonds. The molecule has 0 N–H and O–H groups in total. The topological polar surface area (TPSA) is 8.17 Å². The first-order valence-corrected chi connectivity index (χ1v) is 22.0. The molecule has 0 bridgehead atoms. The number of benzene rings is 11. The molecular formula is C62H42N2. The summed E-state index contributed by atoms with van der Waals surface area (Å²) < 4.78 is 2.44. The van der Waals surface area contributed by atoms with Crippen molar-refractivity contribution in [3.05, 3.63) is 255 Å². The van der Waals surface area contributed by atoms with Crippen LogP contribution in [0.15, 0.2) is 255 Å². The van der Waals surface area contributed by atoms with Gasteiger partial charge in [-0.15, -0.1) is 0 Å². The Labute approximate surface area is 373 Å². The van der Waals surface area contributed by atoms with E-state index in [9.17, 15) is 0 Å². The number of aromatic nitrogens is 1. The summed E-state index contributed by atoms with van der Waals surface area (Å²) in [7, 11) is 0. The predicted octanol–water partition coefficient (Wildman–Crippen LogP) is 17.2. The van der Waals surface area contributed by atoms with Gasteiger partial charge in [-0.2, -0.15) is 0 Å². The third-order valence-electron chi connectivity index (χ3n) is 12.8. The van der Waals surface area contributed by atoms with Gasteiger partial charge in [-0.1, -0.05) is 200 Å². The lowest BCUT2D eigenvalue weighted by molar-refractivity contribution is 1.18. The zero-order chi connectivity index (χ0) is 42.4. The Hall–Kier alpha value is -8.46. The minimum absolute atomic E-state index is 1.08. The molecular weight excluding hydrogens is 773 g/mol. The summed E-state index contributed by atoms with van der Waals surface area (Å²) in [6.07, 6.45) is 0. The summed E-state index contributed by atoms with van der Waals surface area (Å²) in [6, 6.07) is 92.7. The molecule has 2 nitrogen and oxygen atoms in total. The Morgan fingerprint density at radius 3 is 1.50 bits per heavy atom. The van der Waals surface area contributed by atoms with E-state index >= 15 is 0 Å². The number of anilines is 3. The zero-order valence-electron chi connectivity index (χ0n) is 35.1. The maximum atomic E-state index is 2.44. The van der Waals surface area contributed by atoms with E-state index in [1.54, 1.807) is 0 Å². The number of hydrogen-bond donors (Lipinski definition) is 0. The molecule has 0 fully saturated rings. The van der Waals surface area contributed by atoms with Crippen molar-refractivity contribution >= 4 is 60.4 Å². The van der Waals surface area contributed by atoms with Crippen molar-refractivity contribution in [2.24, 2.45) is 0 Å². The van der Waals surface area contributed by atoms with Crippen molar-refractivity contribution in [3.63, 3.8) is 0 Å². The molecule has 0 spiro atoms. The second-order valence-corrected chi connectivity index (χ2v) is 16.5. The normalized spacial score (nSPS) is 11.4. The smallest absolute Gasteiger partial charge is 0.0546 e. The summed E-state index contributed by atoms with van der Waals surface area (Å²) in [5, 5.41) is 7.46. The van der Waals surface area contributed by atoms with E-state index in [4.69, 9.17) is 0 Å². The van der Waals surface area contributed by atoms with Crippen molar-refractivity contribution in [2.75, 3.05) is 4.90 Å². The van der Waals surface area contributed by atoms with Gasteiger partial charge < -0.3 is 9.47 Å². The van der Waals surface area contributed by atoms with Crippen LogP contribution in [-0.2, 0) is 0 Å². The summed E-state index contributed by atoms with van der Waals surface area (Å²) in [6.45, 7) is 0. The number of rotatable bonds is 8. The second kappa shape index (κ2) is 15.8. The maximum Gasteiger partial charge on any atom is 0.0546 e. The van der Waals surface area contributed by atoms with Crippen molar-refractivity contribution in [1.29, 1.82) is 0 Å². The van der Waals surface area contributed by atoms with Crippen LogP contribution in [0, 0.1) is 0 Å². The van der Waals surface area contributed by atoms with Gasteiger partial charge in [0.2, 0.25) is 0 Å². The van der Waals surface area contributed by atoms with Gasteiger partial charge in [-0.05, 0) is 110 Å². The summed E-state index contributed by atoms with van der Waals surface area (Å²) in [5.74, 6) is 0. The van der Waals surface area contributed by atoms with Crippen LogP contribution in [0.5, 0.6) is 0 Å². The van der Waals surface area contributed by atoms with Crippen molar-refractivity contribution in [2.45, 2.75) is 0 Å². The lowest BCUT2D eigenvalue weighted by Crippen LogP contribution is -2.11. The second-order valence-electron chi connectivity index (χ2n) is 16.5. The molecule has 0 aliphatic rings. The van der Waals surface area contributed by atoms with Gasteiger partial charge in [0.1, 0.15) is 0 Å². The van der Waals surface area contributed by atoms with E-state index in [-0.39, 0.29) is 0 Å². The van der Waals surface area contributed by atoms with Crippen molar-refractivity contribution in [1.82, 2.24) is 4.57 Å². The number of hydrogen-bond acceptors (Lipinski definition) is 1. The van der Waals surface area contributed by atoms with E-state index in [2.05, 4.69) is 264 Å². The average molecular weight is 815 g/mol. The molecule has 0 aliphatic carbocycles. The average Bonchev–Trinajstić information content (AvgIpc) is 3.71. The third kappa shape index (κ3) is 6.44. The summed E-state index contributed by atoms with van der Waals surface area (Å²) in [4.78, 5) is 2.41. The van der Waals surface area contributed by atoms with E-state index in [0.717, 1.165) is 28.3 Å². The van der Waals surface area contributed by atoms with Gasteiger partial charge in [-0.3, -0.25) is 0 Å². The first-order valence-electron chi connectivity index (χ1n) is 22.0. The van der Waals surface area contributed by atoms with E-state index in [1.807, 2.05) is 0 Å². The zero-order valence-corrected chi connectivity index (χ0v) is 35.1. The maximum absolute atomic E-state index is 2.44. The van der Waals surface area contributed by atoms with Crippen LogP contribution in [-0.4, -0.2) is 4.57 Å². The minimum atomic E-state index is 1.08. The fourth-order valence-electron chi connectivity index (χ4n) is 9.81. The van der Waals surface area contributed by atoms with Crippen LogP contribution >= 0.6 is 0 Å². The molecule has 11 aromatic carbocycles. The largest absolute Gasteiger partial charge is 0.310 e. The van der Waals surface area contributed by atoms with Crippen molar-refractivity contribution < 1.29 is 0 Å². The molecule has 2 heteroatoms. The van der Waals surface area contributed by atoms with Crippen LogP contribution in [0.3, 0.4) is 0 Å². The van der Waals surface area contributed by atoms with Crippen LogP contribution in [0.2, 0.25) is 0 Å². The van der Waals surface area contributed by atoms with Gasteiger partial charge in [-0.25, -0.2) is 0 Å². The lowest BCUT2D eigenvalue weighted by Gasteiger charge is -2.28. The molecule has 300 valence electrons. The summed E-state index contributed by atoms with van der Waals surface area (Å²) in [5.41, 5.74) is 16.3. The molecule has 0 atom stereocenters. The molecule has 0 unspecified atom stereocenters. The first-order chi connectivity index (χ1) is 31.8. The Morgan fingerprint density at radius 2 is 0.781 bits per heavy atom. The fraction of sp³-hybridized carbons (Fsp3) is 0. The number of para-hydroxylation sites is 3. The number of nitrogens with zero attached hydrogens (tertiary/aromatic N) is 2. The Morgan fingerprint density at radius 1 is 0.281 bits per heavy atom. The monoisotopic (exact) mass is 814 g/mol. The quantitative estimate of drug-likeness (QED) is 0.148. The molecule has 0 saturated heterocycles. The Balaban J connectivity index is 1.02. The molecule has 0 aliphatic heterocycles. The fourth-order valence-corrected chi connectivity index (χ4v) is 9.81. The van der Waals surface area contributed by atoms with Crippen LogP contribution < -0.4 is 4.90 Å². The van der Waals surface area contributed by atoms with Crippen LogP contribution in [0.1, 0.15) is 0 Å². The SMILES string of the molecule is c1ccc(-c2c(-c3ccc(N(c4ccc(-c5cccc6ccccc56)cc4)c4ccccc4-c4ccc5ccccc5c4)cc3)cccc2-n2c3ccccc3c3ccccc32)cc1. The van der Waals surface area contributed by atoms with Gasteiger partial charge in [0.25, 0.3) is 0 Å². The molecule has 12 aromatic rings. The van der Waals surface area contributed by atoms with E-state index in [1.165, 1.54) is 82.3 Å². The Kier molecular flexibility index (Phi) is 9.20. The molecule has 64 heavy (non-hydrogen) atoms. The predicted molar refractivity (Wildman–Crippen MR) is 272 cm³/mol. The molecule has 12 rings (SSSR count).